The number of halogens is 1. The third kappa shape index (κ3) is 4.55. The van der Waals surface area contributed by atoms with E-state index in [1.54, 1.807) is 23.5 Å². The van der Waals surface area contributed by atoms with Crippen LogP contribution >= 0.6 is 11.3 Å². The summed E-state index contributed by atoms with van der Waals surface area (Å²) < 4.78 is 18.5. The van der Waals surface area contributed by atoms with Gasteiger partial charge in [-0.05, 0) is 65.4 Å². The summed E-state index contributed by atoms with van der Waals surface area (Å²) in [5, 5.41) is 4.03. The highest BCUT2D eigenvalue weighted by Crippen LogP contribution is 2.21. The summed E-state index contributed by atoms with van der Waals surface area (Å²) in [7, 11) is 0. The van der Waals surface area contributed by atoms with Crippen LogP contribution in [0.2, 0.25) is 0 Å². The van der Waals surface area contributed by atoms with Crippen LogP contribution in [0.3, 0.4) is 0 Å². The molecule has 2 heterocycles. The average Bonchev–Trinajstić information content (AvgIpc) is 3.21. The highest BCUT2D eigenvalue weighted by molar-refractivity contribution is 7.07. The van der Waals surface area contributed by atoms with Crippen LogP contribution in [0.25, 0.3) is 0 Å². The van der Waals surface area contributed by atoms with Crippen LogP contribution in [-0.4, -0.2) is 30.5 Å². The number of hydrogen-bond acceptors (Lipinski definition) is 3. The number of amides is 1. The number of carbonyl (C=O) groups excluding carboxylic acids is 1. The monoisotopic (exact) mass is 333 g/mol. The molecule has 1 atom stereocenters. The predicted molar refractivity (Wildman–Crippen MR) is 89.2 cm³/mol. The van der Waals surface area contributed by atoms with Crippen molar-refractivity contribution in [2.24, 2.45) is 5.92 Å². The Hall–Kier alpha value is -1.88. The minimum atomic E-state index is -0.257. The molecule has 0 N–H and O–H groups in total. The second kappa shape index (κ2) is 7.59. The van der Waals surface area contributed by atoms with E-state index in [0.29, 0.717) is 24.7 Å². The van der Waals surface area contributed by atoms with E-state index in [1.165, 1.54) is 12.1 Å². The van der Waals surface area contributed by atoms with Crippen molar-refractivity contribution >= 4 is 17.2 Å². The fraction of sp³-hybridized carbons (Fsp3) is 0.389. The van der Waals surface area contributed by atoms with E-state index in [0.717, 1.165) is 31.5 Å². The molecule has 1 saturated heterocycles. The van der Waals surface area contributed by atoms with E-state index in [2.05, 4.69) is 0 Å². The van der Waals surface area contributed by atoms with Crippen molar-refractivity contribution in [1.29, 1.82) is 0 Å². The number of hydrogen-bond donors (Lipinski definition) is 0. The van der Waals surface area contributed by atoms with Crippen LogP contribution in [0.15, 0.2) is 41.1 Å². The number of likely N-dealkylation sites (tertiary alicyclic amines) is 1. The lowest BCUT2D eigenvalue weighted by Crippen LogP contribution is -2.30. The van der Waals surface area contributed by atoms with Gasteiger partial charge in [-0.15, -0.1) is 0 Å². The Morgan fingerprint density at radius 2 is 2.13 bits per heavy atom. The van der Waals surface area contributed by atoms with Gasteiger partial charge in [-0.25, -0.2) is 4.39 Å². The maximum Gasteiger partial charge on any atom is 0.227 e. The highest BCUT2D eigenvalue weighted by Gasteiger charge is 2.26. The average molecular weight is 333 g/mol. The smallest absolute Gasteiger partial charge is 0.227 e. The summed E-state index contributed by atoms with van der Waals surface area (Å²) >= 11 is 1.62. The second-order valence-electron chi connectivity index (χ2n) is 5.89. The first kappa shape index (κ1) is 16.0. The summed E-state index contributed by atoms with van der Waals surface area (Å²) in [6, 6.07) is 8.08. The molecule has 5 heteroatoms. The molecule has 23 heavy (non-hydrogen) atoms. The van der Waals surface area contributed by atoms with Gasteiger partial charge in [0.15, 0.2) is 0 Å². The molecule has 1 aromatic carbocycles. The van der Waals surface area contributed by atoms with Crippen LogP contribution in [0, 0.1) is 11.7 Å². The van der Waals surface area contributed by atoms with Gasteiger partial charge in [-0.2, -0.15) is 11.3 Å². The molecule has 0 spiro atoms. The van der Waals surface area contributed by atoms with Crippen LogP contribution in [0.1, 0.15) is 18.4 Å². The highest BCUT2D eigenvalue weighted by atomic mass is 32.1. The third-order valence-electron chi connectivity index (χ3n) is 4.18. The number of benzene rings is 1. The molecule has 1 fully saturated rings. The summed E-state index contributed by atoms with van der Waals surface area (Å²) in [6.07, 6.45) is 2.45. The van der Waals surface area contributed by atoms with Crippen molar-refractivity contribution in [3.63, 3.8) is 0 Å². The summed E-state index contributed by atoms with van der Waals surface area (Å²) in [5.74, 6) is 1.13. The minimum Gasteiger partial charge on any atom is -0.494 e. The summed E-state index contributed by atoms with van der Waals surface area (Å²) in [4.78, 5) is 14.2. The Kier molecular flexibility index (Phi) is 5.28. The normalized spacial score (nSPS) is 17.4. The van der Waals surface area contributed by atoms with Gasteiger partial charge < -0.3 is 9.64 Å². The van der Waals surface area contributed by atoms with Crippen molar-refractivity contribution < 1.29 is 13.9 Å². The largest absolute Gasteiger partial charge is 0.494 e. The number of nitrogens with zero attached hydrogens (tertiary/aromatic N) is 1. The molecule has 1 unspecified atom stereocenters. The Morgan fingerprint density at radius 1 is 1.30 bits per heavy atom. The number of thiophene rings is 1. The van der Waals surface area contributed by atoms with E-state index >= 15 is 0 Å². The molecule has 3 rings (SSSR count). The van der Waals surface area contributed by atoms with Gasteiger partial charge in [0.05, 0.1) is 13.0 Å². The van der Waals surface area contributed by atoms with Crippen LogP contribution in [0.5, 0.6) is 5.75 Å². The molecule has 0 saturated carbocycles. The van der Waals surface area contributed by atoms with Crippen LogP contribution in [0.4, 0.5) is 4.39 Å². The van der Waals surface area contributed by atoms with E-state index in [4.69, 9.17) is 4.74 Å². The molecular weight excluding hydrogens is 313 g/mol. The molecule has 1 aliphatic rings. The zero-order chi connectivity index (χ0) is 16.1. The van der Waals surface area contributed by atoms with Crippen molar-refractivity contribution in [2.45, 2.75) is 19.3 Å². The van der Waals surface area contributed by atoms with Gasteiger partial charge in [-0.3, -0.25) is 4.79 Å². The standard InChI is InChI=1S/C18H20FNO2S/c19-16-1-3-17(4-2-16)22-9-6-14-5-8-20(12-14)18(21)11-15-7-10-23-13-15/h1-4,7,10,13-14H,5-6,8-9,11-12H2. The number of rotatable bonds is 6. The van der Waals surface area contributed by atoms with E-state index in [1.807, 2.05) is 21.7 Å². The molecule has 0 aliphatic carbocycles. The summed E-state index contributed by atoms with van der Waals surface area (Å²) in [6.45, 7) is 2.25. The molecule has 1 aliphatic heterocycles. The van der Waals surface area contributed by atoms with Gasteiger partial charge in [0, 0.05) is 13.1 Å². The maximum absolute atomic E-state index is 12.8. The zero-order valence-electron chi connectivity index (χ0n) is 12.9. The van der Waals surface area contributed by atoms with E-state index in [-0.39, 0.29) is 11.7 Å². The van der Waals surface area contributed by atoms with Crippen LogP contribution < -0.4 is 4.74 Å². The SMILES string of the molecule is O=C(Cc1ccsc1)N1CCC(CCOc2ccc(F)cc2)C1. The van der Waals surface area contributed by atoms with Gasteiger partial charge in [0.2, 0.25) is 5.91 Å². The number of ether oxygens (including phenoxy) is 1. The molecule has 0 bridgehead atoms. The number of carbonyl (C=O) groups is 1. The fourth-order valence-corrected chi connectivity index (χ4v) is 3.52. The van der Waals surface area contributed by atoms with Crippen LogP contribution in [-0.2, 0) is 11.2 Å². The van der Waals surface area contributed by atoms with Gasteiger partial charge >= 0.3 is 0 Å². The first-order valence-electron chi connectivity index (χ1n) is 7.88. The van der Waals surface area contributed by atoms with Crippen molar-refractivity contribution in [3.8, 4) is 5.75 Å². The van der Waals surface area contributed by atoms with Gasteiger partial charge in [0.1, 0.15) is 11.6 Å². The first-order valence-corrected chi connectivity index (χ1v) is 8.82. The summed E-state index contributed by atoms with van der Waals surface area (Å²) in [5.41, 5.74) is 1.10. The Morgan fingerprint density at radius 3 is 2.87 bits per heavy atom. The lowest BCUT2D eigenvalue weighted by atomic mass is 10.1. The second-order valence-corrected chi connectivity index (χ2v) is 6.67. The minimum absolute atomic E-state index is 0.213. The van der Waals surface area contributed by atoms with E-state index in [9.17, 15) is 9.18 Å². The molecule has 1 amide bonds. The fourth-order valence-electron chi connectivity index (χ4n) is 2.85. The molecule has 3 nitrogen and oxygen atoms in total. The van der Waals surface area contributed by atoms with Crippen molar-refractivity contribution in [3.05, 3.63) is 52.5 Å². The molecule has 2 aromatic rings. The van der Waals surface area contributed by atoms with Gasteiger partial charge in [0.25, 0.3) is 0 Å². The Labute approximate surface area is 139 Å². The lowest BCUT2D eigenvalue weighted by Gasteiger charge is -2.16. The Bertz CT molecular complexity index is 627. The maximum atomic E-state index is 12.8. The Balaban J connectivity index is 1.39. The topological polar surface area (TPSA) is 29.5 Å². The third-order valence-corrected chi connectivity index (χ3v) is 4.91. The molecular formula is C18H20FNO2S. The first-order chi connectivity index (χ1) is 11.2. The molecule has 122 valence electrons. The lowest BCUT2D eigenvalue weighted by molar-refractivity contribution is -0.129. The van der Waals surface area contributed by atoms with Crippen molar-refractivity contribution in [1.82, 2.24) is 4.90 Å². The molecule has 0 radical (unpaired) electrons. The zero-order valence-corrected chi connectivity index (χ0v) is 13.7. The quantitative estimate of drug-likeness (QED) is 0.806. The van der Waals surface area contributed by atoms with Crippen molar-refractivity contribution in [2.75, 3.05) is 19.7 Å². The molecule has 1 aromatic heterocycles. The van der Waals surface area contributed by atoms with Gasteiger partial charge in [-0.1, -0.05) is 0 Å². The predicted octanol–water partition coefficient (Wildman–Crippen LogP) is 3.75. The van der Waals surface area contributed by atoms with E-state index < -0.39 is 0 Å².